The van der Waals surface area contributed by atoms with Crippen molar-refractivity contribution in [1.29, 1.82) is 0 Å². The Morgan fingerprint density at radius 2 is 1.52 bits per heavy atom. The molecule has 0 spiro atoms. The molecule has 5 nitrogen and oxygen atoms in total. The van der Waals surface area contributed by atoms with Crippen LogP contribution in [0, 0.1) is 0 Å². The van der Waals surface area contributed by atoms with Crippen molar-refractivity contribution in [2.75, 3.05) is 42.3 Å². The first-order chi connectivity index (χ1) is 9.16. The first-order valence-electron chi connectivity index (χ1n) is 6.08. The van der Waals surface area contributed by atoms with Crippen LogP contribution in [0.3, 0.4) is 0 Å². The lowest BCUT2D eigenvalue weighted by Gasteiger charge is -2.12. The van der Waals surface area contributed by atoms with Crippen LogP contribution in [0.2, 0.25) is 0 Å². The number of amidine groups is 1. The average Bonchev–Trinajstić information content (AvgIpc) is 2.35. The van der Waals surface area contributed by atoms with Gasteiger partial charge in [0.05, 0.1) is 33.1 Å². The van der Waals surface area contributed by atoms with Gasteiger partial charge < -0.3 is 24.0 Å². The molecule has 0 atom stereocenters. The zero-order valence-corrected chi connectivity index (χ0v) is 17.0. The summed E-state index contributed by atoms with van der Waals surface area (Å²) >= 11 is 1.59. The summed E-state index contributed by atoms with van der Waals surface area (Å²) in [6.45, 7) is 0. The lowest BCUT2D eigenvalue weighted by molar-refractivity contribution is -0.466. The van der Waals surface area contributed by atoms with E-state index in [1.54, 1.807) is 23.9 Å². The highest BCUT2D eigenvalue weighted by molar-refractivity contribution is 8.13. The molecule has 21 heavy (non-hydrogen) atoms. The number of hydrogen-bond donors (Lipinski definition) is 0. The molecule has 0 amide bonds. The Labute approximate surface area is 149 Å². The van der Waals surface area contributed by atoms with Gasteiger partial charge in [0, 0.05) is 19.0 Å². The van der Waals surface area contributed by atoms with E-state index in [2.05, 4.69) is 0 Å². The van der Waals surface area contributed by atoms with Gasteiger partial charge in [-0.3, -0.25) is 9.48 Å². The van der Waals surface area contributed by atoms with Crippen LogP contribution in [0.1, 0.15) is 0 Å². The van der Waals surface area contributed by atoms with Gasteiger partial charge in [-0.15, -0.1) is 0 Å². The van der Waals surface area contributed by atoms with Crippen LogP contribution < -0.4 is 24.0 Å². The second-order valence-corrected chi connectivity index (χ2v) is 8.12. The Hall–Kier alpha value is -0.320. The lowest BCUT2D eigenvalue weighted by atomic mass is 10.4. The summed E-state index contributed by atoms with van der Waals surface area (Å²) in [6, 6.07) is 6.93. The maximum atomic E-state index is 12.0. The molecule has 8 heteroatoms. The molecule has 0 heterocycles. The van der Waals surface area contributed by atoms with Gasteiger partial charge in [-0.25, -0.2) is 12.7 Å². The van der Waals surface area contributed by atoms with E-state index in [1.165, 1.54) is 18.4 Å². The van der Waals surface area contributed by atoms with E-state index in [4.69, 9.17) is 0 Å². The SMILES string of the molecule is CN(C)C(Sc1ccc(S(=O)(=O)N(C)C)cc1)=[N+](C)C.[I-]. The van der Waals surface area contributed by atoms with E-state index < -0.39 is 10.0 Å². The molecular weight excluding hydrogens is 421 g/mol. The molecule has 0 saturated heterocycles. The normalized spacial score (nSPS) is 11.0. The van der Waals surface area contributed by atoms with E-state index in [0.29, 0.717) is 4.90 Å². The zero-order valence-electron chi connectivity index (χ0n) is 13.2. The molecule has 120 valence electrons. The lowest BCUT2D eigenvalue weighted by Crippen LogP contribution is -3.00. The summed E-state index contributed by atoms with van der Waals surface area (Å²) in [6.07, 6.45) is 0. The van der Waals surface area contributed by atoms with Gasteiger partial charge in [-0.05, 0) is 36.0 Å². The molecular formula is C13H22IN3O2S2. The Morgan fingerprint density at radius 1 is 1.05 bits per heavy atom. The third-order valence-corrected chi connectivity index (χ3v) is 5.83. The minimum absolute atomic E-state index is 0. The summed E-state index contributed by atoms with van der Waals surface area (Å²) in [5.41, 5.74) is 0. The van der Waals surface area contributed by atoms with Crippen molar-refractivity contribution in [2.45, 2.75) is 9.79 Å². The van der Waals surface area contributed by atoms with E-state index >= 15 is 0 Å². The van der Waals surface area contributed by atoms with Crippen LogP contribution in [0.25, 0.3) is 0 Å². The molecule has 1 aromatic rings. The summed E-state index contributed by atoms with van der Waals surface area (Å²) in [5, 5.41) is 1.08. The van der Waals surface area contributed by atoms with Crippen LogP contribution in [-0.2, 0) is 10.0 Å². The number of benzene rings is 1. The first kappa shape index (κ1) is 20.7. The highest BCUT2D eigenvalue weighted by atomic mass is 127. The molecule has 1 aromatic carbocycles. The third-order valence-electron chi connectivity index (χ3n) is 2.58. The Kier molecular flexibility index (Phi) is 8.22. The van der Waals surface area contributed by atoms with Crippen molar-refractivity contribution in [3.8, 4) is 0 Å². The highest BCUT2D eigenvalue weighted by Crippen LogP contribution is 2.23. The van der Waals surface area contributed by atoms with Crippen LogP contribution in [0.5, 0.6) is 0 Å². The van der Waals surface area contributed by atoms with Crippen LogP contribution in [-0.4, -0.2) is 69.7 Å². The fourth-order valence-corrected chi connectivity index (χ4v) is 3.33. The van der Waals surface area contributed by atoms with Crippen molar-refractivity contribution in [2.24, 2.45) is 0 Å². The predicted molar refractivity (Wildman–Crippen MR) is 84.0 cm³/mol. The fourth-order valence-electron chi connectivity index (χ4n) is 1.58. The monoisotopic (exact) mass is 443 g/mol. The van der Waals surface area contributed by atoms with Crippen molar-refractivity contribution < 1.29 is 37.0 Å². The smallest absolute Gasteiger partial charge is 0.312 e. The maximum absolute atomic E-state index is 12.0. The van der Waals surface area contributed by atoms with Crippen molar-refractivity contribution in [1.82, 2.24) is 9.21 Å². The number of thioether (sulfide) groups is 1. The van der Waals surface area contributed by atoms with Gasteiger partial charge in [0.25, 0.3) is 0 Å². The summed E-state index contributed by atoms with van der Waals surface area (Å²) < 4.78 is 27.2. The van der Waals surface area contributed by atoms with Gasteiger partial charge in [0.1, 0.15) is 0 Å². The van der Waals surface area contributed by atoms with Crippen molar-refractivity contribution >= 4 is 27.0 Å². The van der Waals surface area contributed by atoms with Crippen molar-refractivity contribution in [3.63, 3.8) is 0 Å². The number of rotatable bonds is 3. The summed E-state index contributed by atoms with van der Waals surface area (Å²) in [7, 11) is 7.62. The quantitative estimate of drug-likeness (QED) is 0.182. The second kappa shape index (κ2) is 8.35. The molecule has 0 radical (unpaired) electrons. The molecule has 0 aliphatic carbocycles. The highest BCUT2D eigenvalue weighted by Gasteiger charge is 2.18. The van der Waals surface area contributed by atoms with Gasteiger partial charge in [0.2, 0.25) is 10.0 Å². The van der Waals surface area contributed by atoms with Gasteiger partial charge in [-0.1, -0.05) is 0 Å². The second-order valence-electron chi connectivity index (χ2n) is 4.93. The first-order valence-corrected chi connectivity index (χ1v) is 8.34. The maximum Gasteiger partial charge on any atom is 0.312 e. The van der Waals surface area contributed by atoms with Gasteiger partial charge in [0.15, 0.2) is 0 Å². The molecule has 0 saturated carbocycles. The standard InChI is InChI=1S/C13H22N3O2S2.HI/c1-14(2)13(15(3)4)19-11-7-9-12(10-8-11)20(17,18)16(5)6;/h7-10H,1-6H3;1H/q+1;/p-1. The van der Waals surface area contributed by atoms with E-state index in [9.17, 15) is 8.42 Å². The largest absolute Gasteiger partial charge is 1.00 e. The van der Waals surface area contributed by atoms with Gasteiger partial charge >= 0.3 is 5.17 Å². The minimum atomic E-state index is -3.36. The number of hydrogen-bond acceptors (Lipinski definition) is 3. The van der Waals surface area contributed by atoms with E-state index in [0.717, 1.165) is 10.1 Å². The average molecular weight is 443 g/mol. The zero-order chi connectivity index (χ0) is 15.5. The molecule has 0 N–H and O–H groups in total. The van der Waals surface area contributed by atoms with Gasteiger partial charge in [-0.2, -0.15) is 0 Å². The summed E-state index contributed by atoms with van der Waals surface area (Å²) in [5.74, 6) is 0. The molecule has 0 fully saturated rings. The summed E-state index contributed by atoms with van der Waals surface area (Å²) in [4.78, 5) is 3.33. The molecule has 1 rings (SSSR count). The number of sulfonamides is 1. The predicted octanol–water partition coefficient (Wildman–Crippen LogP) is -1.78. The molecule has 0 aliphatic heterocycles. The Balaban J connectivity index is 0.00000400. The number of nitrogens with zero attached hydrogens (tertiary/aromatic N) is 3. The van der Waals surface area contributed by atoms with Crippen LogP contribution in [0.15, 0.2) is 34.1 Å². The Morgan fingerprint density at radius 3 is 1.86 bits per heavy atom. The number of halogens is 1. The van der Waals surface area contributed by atoms with E-state index in [1.807, 2.05) is 49.8 Å². The minimum Gasteiger partial charge on any atom is -1.00 e. The molecule has 0 unspecified atom stereocenters. The molecule has 0 bridgehead atoms. The topological polar surface area (TPSA) is 43.6 Å². The van der Waals surface area contributed by atoms with E-state index in [-0.39, 0.29) is 24.0 Å². The fraction of sp³-hybridized carbons (Fsp3) is 0.462. The molecule has 0 aliphatic rings. The third kappa shape index (κ3) is 5.42. The van der Waals surface area contributed by atoms with Crippen LogP contribution in [0.4, 0.5) is 0 Å². The Bertz CT molecular complexity index is 592. The molecule has 0 aromatic heterocycles. The van der Waals surface area contributed by atoms with Crippen molar-refractivity contribution in [3.05, 3.63) is 24.3 Å². The van der Waals surface area contributed by atoms with Crippen LogP contribution >= 0.6 is 11.8 Å².